The molecule has 1 aromatic rings. The Hall–Kier alpha value is -1.40. The standard InChI is InChI=1S/C12H16N2O3S/c15-10(6-8-3-4-13-7-8)14-11(12(16)17)9-2-1-5-18-9/h1-2,5,8,11,13H,3-4,6-7H2,(H,14,15)(H,16,17). The molecule has 2 heterocycles. The van der Waals surface area contributed by atoms with Crippen LogP contribution in [0.4, 0.5) is 0 Å². The predicted octanol–water partition coefficient (Wildman–Crippen LogP) is 0.990. The van der Waals surface area contributed by atoms with Gasteiger partial charge in [-0.3, -0.25) is 4.79 Å². The van der Waals surface area contributed by atoms with Crippen molar-refractivity contribution in [2.24, 2.45) is 5.92 Å². The van der Waals surface area contributed by atoms with Gasteiger partial charge in [-0.2, -0.15) is 0 Å². The van der Waals surface area contributed by atoms with Crippen LogP contribution >= 0.6 is 11.3 Å². The molecule has 0 spiro atoms. The number of rotatable bonds is 5. The Morgan fingerprint density at radius 3 is 3.00 bits per heavy atom. The highest BCUT2D eigenvalue weighted by Gasteiger charge is 2.25. The van der Waals surface area contributed by atoms with E-state index in [-0.39, 0.29) is 5.91 Å². The lowest BCUT2D eigenvalue weighted by atomic mass is 10.0. The summed E-state index contributed by atoms with van der Waals surface area (Å²) in [7, 11) is 0. The smallest absolute Gasteiger partial charge is 0.331 e. The summed E-state index contributed by atoms with van der Waals surface area (Å²) in [5, 5.41) is 16.7. The molecule has 6 heteroatoms. The number of hydrogen-bond donors (Lipinski definition) is 3. The van der Waals surface area contributed by atoms with Crippen LogP contribution in [0.15, 0.2) is 17.5 Å². The lowest BCUT2D eigenvalue weighted by Crippen LogP contribution is -2.34. The number of carboxylic acid groups (broad SMARTS) is 1. The zero-order chi connectivity index (χ0) is 13.0. The molecule has 2 rings (SSSR count). The normalized spacial score (nSPS) is 20.6. The summed E-state index contributed by atoms with van der Waals surface area (Å²) >= 11 is 1.34. The molecule has 0 radical (unpaired) electrons. The minimum atomic E-state index is -1.02. The number of hydrogen-bond acceptors (Lipinski definition) is 4. The second kappa shape index (κ2) is 5.97. The van der Waals surface area contributed by atoms with Crippen LogP contribution in [0.3, 0.4) is 0 Å². The first-order chi connectivity index (χ1) is 8.66. The first kappa shape index (κ1) is 13.0. The molecule has 1 aliphatic heterocycles. The Kier molecular flexibility index (Phi) is 4.33. The average molecular weight is 268 g/mol. The van der Waals surface area contributed by atoms with E-state index in [0.717, 1.165) is 19.5 Å². The van der Waals surface area contributed by atoms with Gasteiger partial charge in [-0.1, -0.05) is 6.07 Å². The molecule has 1 saturated heterocycles. The molecule has 1 aromatic heterocycles. The van der Waals surface area contributed by atoms with Crippen molar-refractivity contribution in [3.63, 3.8) is 0 Å². The number of carbonyl (C=O) groups excluding carboxylic acids is 1. The predicted molar refractivity (Wildman–Crippen MR) is 68.4 cm³/mol. The molecule has 0 aliphatic carbocycles. The van der Waals surface area contributed by atoms with E-state index in [1.165, 1.54) is 11.3 Å². The van der Waals surface area contributed by atoms with Gasteiger partial charge in [0.1, 0.15) is 0 Å². The topological polar surface area (TPSA) is 78.4 Å². The quantitative estimate of drug-likeness (QED) is 0.744. The Bertz CT molecular complexity index is 413. The molecule has 0 aromatic carbocycles. The fourth-order valence-electron chi connectivity index (χ4n) is 2.08. The highest BCUT2D eigenvalue weighted by atomic mass is 32.1. The molecule has 98 valence electrons. The van der Waals surface area contributed by atoms with Gasteiger partial charge in [0.25, 0.3) is 0 Å². The molecule has 1 aliphatic rings. The Morgan fingerprint density at radius 1 is 1.61 bits per heavy atom. The van der Waals surface area contributed by atoms with E-state index in [0.29, 0.717) is 17.2 Å². The van der Waals surface area contributed by atoms with Crippen molar-refractivity contribution in [3.05, 3.63) is 22.4 Å². The van der Waals surface area contributed by atoms with Gasteiger partial charge in [0.15, 0.2) is 6.04 Å². The number of aliphatic carboxylic acids is 1. The molecule has 1 fully saturated rings. The SMILES string of the molecule is O=C(CC1CCNC1)NC(C(=O)O)c1cccs1. The summed E-state index contributed by atoms with van der Waals surface area (Å²) in [6.07, 6.45) is 1.37. The van der Waals surface area contributed by atoms with Crippen LogP contribution in [-0.4, -0.2) is 30.1 Å². The van der Waals surface area contributed by atoms with Gasteiger partial charge in [-0.05, 0) is 36.9 Å². The summed E-state index contributed by atoms with van der Waals surface area (Å²) in [4.78, 5) is 23.6. The highest BCUT2D eigenvalue weighted by molar-refractivity contribution is 7.10. The first-order valence-corrected chi connectivity index (χ1v) is 6.81. The van der Waals surface area contributed by atoms with Crippen LogP contribution in [-0.2, 0) is 9.59 Å². The zero-order valence-electron chi connectivity index (χ0n) is 9.89. The molecule has 3 N–H and O–H groups in total. The maximum atomic E-state index is 11.8. The average Bonchev–Trinajstić information content (AvgIpc) is 2.97. The summed E-state index contributed by atoms with van der Waals surface area (Å²) in [5.41, 5.74) is 0. The third-order valence-electron chi connectivity index (χ3n) is 3.02. The number of thiophene rings is 1. The number of carbonyl (C=O) groups is 2. The Balaban J connectivity index is 1.92. The summed E-state index contributed by atoms with van der Waals surface area (Å²) in [5.74, 6) is -0.886. The maximum Gasteiger partial charge on any atom is 0.331 e. The van der Waals surface area contributed by atoms with Crippen molar-refractivity contribution in [2.45, 2.75) is 18.9 Å². The van der Waals surface area contributed by atoms with E-state index < -0.39 is 12.0 Å². The number of carboxylic acids is 1. The summed E-state index contributed by atoms with van der Waals surface area (Å²) in [6.45, 7) is 1.77. The summed E-state index contributed by atoms with van der Waals surface area (Å²) < 4.78 is 0. The Morgan fingerprint density at radius 2 is 2.44 bits per heavy atom. The van der Waals surface area contributed by atoms with Crippen LogP contribution in [0.25, 0.3) is 0 Å². The zero-order valence-corrected chi connectivity index (χ0v) is 10.7. The lowest BCUT2D eigenvalue weighted by molar-refractivity contribution is -0.142. The molecule has 1 amide bonds. The van der Waals surface area contributed by atoms with Crippen LogP contribution in [0.5, 0.6) is 0 Å². The first-order valence-electron chi connectivity index (χ1n) is 5.93. The van der Waals surface area contributed by atoms with E-state index in [1.54, 1.807) is 17.5 Å². The fraction of sp³-hybridized carbons (Fsp3) is 0.500. The molecule has 2 atom stereocenters. The molecule has 0 saturated carbocycles. The lowest BCUT2D eigenvalue weighted by Gasteiger charge is -2.14. The monoisotopic (exact) mass is 268 g/mol. The molecule has 0 bridgehead atoms. The van der Waals surface area contributed by atoms with Crippen LogP contribution in [0.1, 0.15) is 23.8 Å². The minimum absolute atomic E-state index is 0.190. The van der Waals surface area contributed by atoms with E-state index in [9.17, 15) is 9.59 Å². The van der Waals surface area contributed by atoms with Crippen molar-refractivity contribution < 1.29 is 14.7 Å². The molecular weight excluding hydrogens is 252 g/mol. The van der Waals surface area contributed by atoms with E-state index >= 15 is 0 Å². The van der Waals surface area contributed by atoms with Gasteiger partial charge >= 0.3 is 5.97 Å². The van der Waals surface area contributed by atoms with Gasteiger partial charge in [0.2, 0.25) is 5.91 Å². The fourth-order valence-corrected chi connectivity index (χ4v) is 2.85. The molecule has 18 heavy (non-hydrogen) atoms. The number of amides is 1. The van der Waals surface area contributed by atoms with E-state index in [4.69, 9.17) is 5.11 Å². The van der Waals surface area contributed by atoms with Crippen molar-refractivity contribution in [2.75, 3.05) is 13.1 Å². The van der Waals surface area contributed by atoms with Crippen molar-refractivity contribution >= 4 is 23.2 Å². The van der Waals surface area contributed by atoms with Crippen molar-refractivity contribution in [1.29, 1.82) is 0 Å². The Labute approximate surface area is 109 Å². The number of nitrogens with one attached hydrogen (secondary N) is 2. The van der Waals surface area contributed by atoms with E-state index in [1.807, 2.05) is 0 Å². The minimum Gasteiger partial charge on any atom is -0.479 e. The van der Waals surface area contributed by atoms with Crippen LogP contribution < -0.4 is 10.6 Å². The molecular formula is C12H16N2O3S. The van der Waals surface area contributed by atoms with Crippen LogP contribution in [0.2, 0.25) is 0 Å². The van der Waals surface area contributed by atoms with Gasteiger partial charge in [0.05, 0.1) is 0 Å². The maximum absolute atomic E-state index is 11.8. The van der Waals surface area contributed by atoms with Crippen LogP contribution in [0, 0.1) is 5.92 Å². The third kappa shape index (κ3) is 3.30. The van der Waals surface area contributed by atoms with Crippen molar-refractivity contribution in [3.8, 4) is 0 Å². The second-order valence-electron chi connectivity index (χ2n) is 4.42. The van der Waals surface area contributed by atoms with Gasteiger partial charge in [-0.25, -0.2) is 4.79 Å². The largest absolute Gasteiger partial charge is 0.479 e. The molecule has 2 unspecified atom stereocenters. The third-order valence-corrected chi connectivity index (χ3v) is 3.95. The molecule has 5 nitrogen and oxygen atoms in total. The van der Waals surface area contributed by atoms with E-state index in [2.05, 4.69) is 10.6 Å². The van der Waals surface area contributed by atoms with Gasteiger partial charge in [-0.15, -0.1) is 11.3 Å². The van der Waals surface area contributed by atoms with Gasteiger partial charge < -0.3 is 15.7 Å². The van der Waals surface area contributed by atoms with Crippen molar-refractivity contribution in [1.82, 2.24) is 10.6 Å². The highest BCUT2D eigenvalue weighted by Crippen LogP contribution is 2.20. The summed E-state index contributed by atoms with van der Waals surface area (Å²) in [6, 6.07) is 2.58. The second-order valence-corrected chi connectivity index (χ2v) is 5.40. The van der Waals surface area contributed by atoms with Gasteiger partial charge in [0, 0.05) is 11.3 Å².